The number of hydrogen-bond donors (Lipinski definition) is 2. The zero-order valence-electron chi connectivity index (χ0n) is 12.0. The molecule has 1 aliphatic heterocycles. The molecule has 3 rings (SSSR count). The van der Waals surface area contributed by atoms with Crippen LogP contribution in [0.1, 0.15) is 24.3 Å². The van der Waals surface area contributed by atoms with Gasteiger partial charge in [-0.1, -0.05) is 30.3 Å². The summed E-state index contributed by atoms with van der Waals surface area (Å²) in [5.41, 5.74) is 6.97. The van der Waals surface area contributed by atoms with Gasteiger partial charge in [0, 0.05) is 38.8 Å². The standard InChI is InChI=1S/C16H24N4/c17-16(18)15(13-4-2-1-3-5-13)12-19-8-10-20(11-9-19)14-6-7-14/h1-5,14-15H,6-12H2,(H3,17,18). The van der Waals surface area contributed by atoms with E-state index in [1.54, 1.807) is 0 Å². The van der Waals surface area contributed by atoms with Crippen LogP contribution in [0.4, 0.5) is 0 Å². The van der Waals surface area contributed by atoms with Crippen molar-refractivity contribution in [3.8, 4) is 0 Å². The highest BCUT2D eigenvalue weighted by atomic mass is 15.3. The van der Waals surface area contributed by atoms with E-state index in [0.29, 0.717) is 0 Å². The van der Waals surface area contributed by atoms with Crippen LogP contribution in [0.2, 0.25) is 0 Å². The van der Waals surface area contributed by atoms with Gasteiger partial charge >= 0.3 is 0 Å². The molecule has 2 fully saturated rings. The van der Waals surface area contributed by atoms with Gasteiger partial charge in [0.05, 0.1) is 11.8 Å². The summed E-state index contributed by atoms with van der Waals surface area (Å²) in [6.07, 6.45) is 2.78. The number of piperazine rings is 1. The third-order valence-corrected chi connectivity index (χ3v) is 4.49. The molecular weight excluding hydrogens is 248 g/mol. The van der Waals surface area contributed by atoms with Gasteiger partial charge in [-0.25, -0.2) is 0 Å². The Morgan fingerprint density at radius 3 is 2.35 bits per heavy atom. The zero-order valence-corrected chi connectivity index (χ0v) is 12.0. The molecule has 1 saturated carbocycles. The predicted molar refractivity (Wildman–Crippen MR) is 82.1 cm³/mol. The van der Waals surface area contributed by atoms with Gasteiger partial charge < -0.3 is 5.73 Å². The molecule has 4 heteroatoms. The third kappa shape index (κ3) is 3.19. The van der Waals surface area contributed by atoms with Crippen molar-refractivity contribution >= 4 is 5.84 Å². The summed E-state index contributed by atoms with van der Waals surface area (Å²) in [4.78, 5) is 5.07. The van der Waals surface area contributed by atoms with Gasteiger partial charge in [-0.2, -0.15) is 0 Å². The van der Waals surface area contributed by atoms with Gasteiger partial charge in [-0.05, 0) is 18.4 Å². The molecule has 0 amide bonds. The van der Waals surface area contributed by atoms with Crippen LogP contribution in [0.5, 0.6) is 0 Å². The average Bonchev–Trinajstić information content (AvgIpc) is 3.31. The number of benzene rings is 1. The van der Waals surface area contributed by atoms with Gasteiger partial charge in [0.15, 0.2) is 0 Å². The van der Waals surface area contributed by atoms with Crippen LogP contribution in [0, 0.1) is 5.41 Å². The first-order chi connectivity index (χ1) is 9.74. The molecule has 3 N–H and O–H groups in total. The van der Waals surface area contributed by atoms with Crippen LogP contribution in [0.3, 0.4) is 0 Å². The van der Waals surface area contributed by atoms with Crippen molar-refractivity contribution in [1.82, 2.24) is 9.80 Å². The molecule has 108 valence electrons. The van der Waals surface area contributed by atoms with Crippen LogP contribution in [0.25, 0.3) is 0 Å². The van der Waals surface area contributed by atoms with E-state index in [9.17, 15) is 0 Å². The number of rotatable bonds is 5. The summed E-state index contributed by atoms with van der Waals surface area (Å²) in [6, 6.07) is 11.1. The molecule has 20 heavy (non-hydrogen) atoms. The maximum atomic E-state index is 7.87. The lowest BCUT2D eigenvalue weighted by Crippen LogP contribution is -2.49. The van der Waals surface area contributed by atoms with E-state index in [-0.39, 0.29) is 11.8 Å². The second-order valence-corrected chi connectivity index (χ2v) is 5.99. The van der Waals surface area contributed by atoms with Crippen molar-refractivity contribution < 1.29 is 0 Å². The number of hydrogen-bond acceptors (Lipinski definition) is 3. The number of nitrogens with zero attached hydrogens (tertiary/aromatic N) is 2. The number of nitrogens with two attached hydrogens (primary N) is 1. The SMILES string of the molecule is N=C(N)C(CN1CCN(C2CC2)CC1)c1ccccc1. The topological polar surface area (TPSA) is 56.4 Å². The van der Waals surface area contributed by atoms with Crippen LogP contribution in [-0.2, 0) is 0 Å². The van der Waals surface area contributed by atoms with E-state index in [1.807, 2.05) is 18.2 Å². The molecular formula is C16H24N4. The quantitative estimate of drug-likeness (QED) is 0.630. The van der Waals surface area contributed by atoms with E-state index in [2.05, 4.69) is 21.9 Å². The summed E-state index contributed by atoms with van der Waals surface area (Å²) in [7, 11) is 0. The minimum atomic E-state index is 0.0312. The predicted octanol–water partition coefficient (Wildman–Crippen LogP) is 1.49. The Morgan fingerprint density at radius 1 is 1.15 bits per heavy atom. The fraction of sp³-hybridized carbons (Fsp3) is 0.562. The average molecular weight is 272 g/mol. The van der Waals surface area contributed by atoms with Crippen molar-refractivity contribution in [3.63, 3.8) is 0 Å². The van der Waals surface area contributed by atoms with E-state index in [4.69, 9.17) is 11.1 Å². The summed E-state index contributed by atoms with van der Waals surface area (Å²) in [5, 5.41) is 7.87. The molecule has 1 aliphatic carbocycles. The molecule has 0 bridgehead atoms. The zero-order chi connectivity index (χ0) is 13.9. The van der Waals surface area contributed by atoms with Gasteiger partial charge in [0.1, 0.15) is 0 Å². The Hall–Kier alpha value is -1.39. The molecule has 0 aromatic heterocycles. The van der Waals surface area contributed by atoms with Crippen LogP contribution < -0.4 is 5.73 Å². The summed E-state index contributed by atoms with van der Waals surface area (Å²) < 4.78 is 0. The highest BCUT2D eigenvalue weighted by Gasteiger charge is 2.31. The lowest BCUT2D eigenvalue weighted by molar-refractivity contribution is 0.125. The van der Waals surface area contributed by atoms with E-state index in [1.165, 1.54) is 25.9 Å². The molecule has 4 nitrogen and oxygen atoms in total. The van der Waals surface area contributed by atoms with Crippen LogP contribution >= 0.6 is 0 Å². The molecule has 0 radical (unpaired) electrons. The van der Waals surface area contributed by atoms with Crippen LogP contribution in [-0.4, -0.2) is 54.4 Å². The van der Waals surface area contributed by atoms with Crippen molar-refractivity contribution in [1.29, 1.82) is 5.41 Å². The molecule has 0 spiro atoms. The number of nitrogens with one attached hydrogen (secondary N) is 1. The summed E-state index contributed by atoms with van der Waals surface area (Å²) >= 11 is 0. The summed E-state index contributed by atoms with van der Waals surface area (Å²) in [6.45, 7) is 5.42. The molecule has 1 unspecified atom stereocenters. The van der Waals surface area contributed by atoms with Crippen molar-refractivity contribution in [3.05, 3.63) is 35.9 Å². The molecule has 1 aromatic carbocycles. The van der Waals surface area contributed by atoms with Crippen molar-refractivity contribution in [2.24, 2.45) is 5.73 Å². The normalized spacial score (nSPS) is 22.6. The maximum Gasteiger partial charge on any atom is 0.0995 e. The van der Waals surface area contributed by atoms with Gasteiger partial charge in [-0.3, -0.25) is 15.2 Å². The second kappa shape index (κ2) is 5.94. The first kappa shape index (κ1) is 13.6. The summed E-state index contributed by atoms with van der Waals surface area (Å²) in [5.74, 6) is 0.310. The molecule has 1 saturated heterocycles. The minimum absolute atomic E-state index is 0.0312. The molecule has 1 atom stereocenters. The van der Waals surface area contributed by atoms with E-state index < -0.39 is 0 Å². The monoisotopic (exact) mass is 272 g/mol. The smallest absolute Gasteiger partial charge is 0.0995 e. The lowest BCUT2D eigenvalue weighted by Gasteiger charge is -2.36. The third-order valence-electron chi connectivity index (χ3n) is 4.49. The van der Waals surface area contributed by atoms with Gasteiger partial charge in [0.25, 0.3) is 0 Å². The first-order valence-corrected chi connectivity index (χ1v) is 7.59. The highest BCUT2D eigenvalue weighted by molar-refractivity contribution is 5.84. The fourth-order valence-corrected chi connectivity index (χ4v) is 3.08. The van der Waals surface area contributed by atoms with Gasteiger partial charge in [0.2, 0.25) is 0 Å². The fourth-order valence-electron chi connectivity index (χ4n) is 3.08. The Kier molecular flexibility index (Phi) is 4.03. The molecule has 1 aromatic rings. The van der Waals surface area contributed by atoms with E-state index in [0.717, 1.165) is 31.2 Å². The Bertz CT molecular complexity index is 447. The minimum Gasteiger partial charge on any atom is -0.387 e. The maximum absolute atomic E-state index is 7.87. The Balaban J connectivity index is 1.58. The Labute approximate surface area is 121 Å². The van der Waals surface area contributed by atoms with Crippen LogP contribution in [0.15, 0.2) is 30.3 Å². The largest absolute Gasteiger partial charge is 0.387 e. The first-order valence-electron chi connectivity index (χ1n) is 7.59. The highest BCUT2D eigenvalue weighted by Crippen LogP contribution is 2.28. The van der Waals surface area contributed by atoms with Crippen molar-refractivity contribution in [2.45, 2.75) is 24.8 Å². The van der Waals surface area contributed by atoms with Gasteiger partial charge in [-0.15, -0.1) is 0 Å². The van der Waals surface area contributed by atoms with Crippen molar-refractivity contribution in [2.75, 3.05) is 32.7 Å². The number of amidine groups is 1. The van der Waals surface area contributed by atoms with E-state index >= 15 is 0 Å². The lowest BCUT2D eigenvalue weighted by atomic mass is 9.97. The molecule has 1 heterocycles. The Morgan fingerprint density at radius 2 is 1.80 bits per heavy atom. The molecule has 2 aliphatic rings. The second-order valence-electron chi connectivity index (χ2n) is 5.99.